The van der Waals surface area contributed by atoms with Crippen molar-refractivity contribution in [1.82, 2.24) is 0 Å². The zero-order valence-electron chi connectivity index (χ0n) is 10.7. The van der Waals surface area contributed by atoms with Crippen molar-refractivity contribution in [2.24, 2.45) is 5.92 Å². The summed E-state index contributed by atoms with van der Waals surface area (Å²) in [5.74, 6) is -1.03. The molecule has 0 bridgehead atoms. The van der Waals surface area contributed by atoms with E-state index in [0.717, 1.165) is 0 Å². The van der Waals surface area contributed by atoms with Gasteiger partial charge in [0.15, 0.2) is 0 Å². The molecule has 0 spiro atoms. The van der Waals surface area contributed by atoms with Crippen LogP contribution in [0, 0.1) is 5.92 Å². The van der Waals surface area contributed by atoms with Crippen molar-refractivity contribution in [3.8, 4) is 5.75 Å². The van der Waals surface area contributed by atoms with E-state index in [0.29, 0.717) is 11.4 Å². The Labute approximate surface area is 106 Å². The summed E-state index contributed by atoms with van der Waals surface area (Å²) >= 11 is 0. The molecule has 5 heteroatoms. The number of methoxy groups -OCH3 is 1. The lowest BCUT2D eigenvalue weighted by atomic mass is 10.1. The fraction of sp³-hybridized carbons (Fsp3) is 0.385. The fourth-order valence-corrected chi connectivity index (χ4v) is 1.53. The summed E-state index contributed by atoms with van der Waals surface area (Å²) in [6.07, 6.45) is 0. The van der Waals surface area contributed by atoms with E-state index in [1.165, 1.54) is 11.8 Å². The Morgan fingerprint density at radius 1 is 1.33 bits per heavy atom. The number of carbonyl (C=O) groups excluding carboxylic acids is 1. The molecule has 0 saturated carbocycles. The number of carbonyl (C=O) groups is 2. The Morgan fingerprint density at radius 3 is 2.28 bits per heavy atom. The first kappa shape index (κ1) is 14.0. The summed E-state index contributed by atoms with van der Waals surface area (Å²) in [4.78, 5) is 23.8. The summed E-state index contributed by atoms with van der Waals surface area (Å²) in [7, 11) is 1.56. The number of anilines is 1. The molecule has 0 aliphatic rings. The lowest BCUT2D eigenvalue weighted by Gasteiger charge is -2.23. The summed E-state index contributed by atoms with van der Waals surface area (Å²) < 4.78 is 5.03. The van der Waals surface area contributed by atoms with Gasteiger partial charge in [0.05, 0.1) is 13.0 Å². The summed E-state index contributed by atoms with van der Waals surface area (Å²) in [6, 6.07) is 6.93. The maximum Gasteiger partial charge on any atom is 0.308 e. The van der Waals surface area contributed by atoms with E-state index in [2.05, 4.69) is 0 Å². The number of nitrogens with zero attached hydrogens (tertiary/aromatic N) is 1. The number of rotatable bonds is 5. The Hall–Kier alpha value is -2.04. The molecule has 0 saturated heterocycles. The number of aliphatic carboxylic acids is 1. The molecule has 98 valence electrons. The first-order chi connectivity index (χ1) is 8.45. The Bertz CT molecular complexity index is 427. The Morgan fingerprint density at radius 2 is 1.89 bits per heavy atom. The van der Waals surface area contributed by atoms with Gasteiger partial charge in [0.1, 0.15) is 5.75 Å². The lowest BCUT2D eigenvalue weighted by molar-refractivity contribution is -0.140. The van der Waals surface area contributed by atoms with Crippen molar-refractivity contribution < 1.29 is 19.4 Å². The maximum atomic E-state index is 11.6. The average Bonchev–Trinajstić information content (AvgIpc) is 2.35. The fourth-order valence-electron chi connectivity index (χ4n) is 1.53. The third-order valence-electron chi connectivity index (χ3n) is 2.64. The smallest absolute Gasteiger partial charge is 0.308 e. The molecule has 0 aliphatic heterocycles. The predicted molar refractivity (Wildman–Crippen MR) is 67.8 cm³/mol. The van der Waals surface area contributed by atoms with Gasteiger partial charge >= 0.3 is 5.97 Å². The van der Waals surface area contributed by atoms with Crippen LogP contribution in [0.1, 0.15) is 13.8 Å². The Balaban J connectivity index is 2.90. The van der Waals surface area contributed by atoms with Gasteiger partial charge < -0.3 is 14.7 Å². The molecule has 1 N–H and O–H groups in total. The van der Waals surface area contributed by atoms with Gasteiger partial charge in [-0.25, -0.2) is 0 Å². The van der Waals surface area contributed by atoms with Gasteiger partial charge in [-0.3, -0.25) is 9.59 Å². The number of amides is 1. The largest absolute Gasteiger partial charge is 0.497 e. The molecule has 0 aliphatic carbocycles. The predicted octanol–water partition coefficient (Wildman–Crippen LogP) is 1.77. The van der Waals surface area contributed by atoms with Gasteiger partial charge in [-0.1, -0.05) is 6.92 Å². The van der Waals surface area contributed by atoms with Crippen molar-refractivity contribution in [3.05, 3.63) is 24.3 Å². The van der Waals surface area contributed by atoms with Crippen molar-refractivity contribution >= 4 is 17.6 Å². The van der Waals surface area contributed by atoms with Gasteiger partial charge in [0.25, 0.3) is 0 Å². The number of hydrogen-bond donors (Lipinski definition) is 1. The van der Waals surface area contributed by atoms with Crippen LogP contribution in [0.5, 0.6) is 5.75 Å². The highest BCUT2D eigenvalue weighted by atomic mass is 16.5. The zero-order chi connectivity index (χ0) is 13.7. The topological polar surface area (TPSA) is 66.8 Å². The Kier molecular flexibility index (Phi) is 4.71. The third kappa shape index (κ3) is 3.48. The quantitative estimate of drug-likeness (QED) is 0.866. The molecular formula is C13H17NO4. The molecule has 18 heavy (non-hydrogen) atoms. The van der Waals surface area contributed by atoms with Crippen molar-refractivity contribution in [2.45, 2.75) is 13.8 Å². The summed E-state index contributed by atoms with van der Waals surface area (Å²) in [6.45, 7) is 3.14. The van der Waals surface area contributed by atoms with E-state index in [9.17, 15) is 9.59 Å². The molecule has 1 unspecified atom stereocenters. The minimum absolute atomic E-state index is 0.150. The zero-order valence-corrected chi connectivity index (χ0v) is 10.7. The lowest BCUT2D eigenvalue weighted by Crippen LogP contribution is -2.35. The first-order valence-corrected chi connectivity index (χ1v) is 5.60. The third-order valence-corrected chi connectivity index (χ3v) is 2.64. The molecule has 1 rings (SSSR count). The van der Waals surface area contributed by atoms with Crippen LogP contribution in [0.3, 0.4) is 0 Å². The molecule has 1 aromatic rings. The van der Waals surface area contributed by atoms with Crippen molar-refractivity contribution in [2.75, 3.05) is 18.6 Å². The monoisotopic (exact) mass is 251 g/mol. The number of ether oxygens (including phenoxy) is 1. The molecule has 0 radical (unpaired) electrons. The molecule has 0 heterocycles. The second kappa shape index (κ2) is 6.05. The van der Waals surface area contributed by atoms with Crippen molar-refractivity contribution in [1.29, 1.82) is 0 Å². The molecule has 5 nitrogen and oxygen atoms in total. The van der Waals surface area contributed by atoms with Crippen LogP contribution in [0.15, 0.2) is 24.3 Å². The van der Waals surface area contributed by atoms with Gasteiger partial charge in [-0.15, -0.1) is 0 Å². The van der Waals surface area contributed by atoms with E-state index < -0.39 is 11.9 Å². The van der Waals surface area contributed by atoms with Gasteiger partial charge in [-0.05, 0) is 24.3 Å². The second-order valence-electron chi connectivity index (χ2n) is 4.07. The minimum atomic E-state index is -0.922. The summed E-state index contributed by atoms with van der Waals surface area (Å²) in [5.41, 5.74) is 0.663. The van der Waals surface area contributed by atoms with Crippen LogP contribution in [0.2, 0.25) is 0 Å². The number of benzene rings is 1. The van der Waals surface area contributed by atoms with Crippen LogP contribution in [-0.4, -0.2) is 30.6 Å². The van der Waals surface area contributed by atoms with Gasteiger partial charge in [0, 0.05) is 19.2 Å². The van der Waals surface area contributed by atoms with E-state index >= 15 is 0 Å². The normalized spacial score (nSPS) is 11.7. The highest BCUT2D eigenvalue weighted by Gasteiger charge is 2.19. The van der Waals surface area contributed by atoms with E-state index in [1.54, 1.807) is 38.3 Å². The molecular weight excluding hydrogens is 234 g/mol. The van der Waals surface area contributed by atoms with Crippen LogP contribution >= 0.6 is 0 Å². The number of carboxylic acid groups (broad SMARTS) is 1. The van der Waals surface area contributed by atoms with Crippen molar-refractivity contribution in [3.63, 3.8) is 0 Å². The van der Waals surface area contributed by atoms with Crippen LogP contribution in [0.25, 0.3) is 0 Å². The van der Waals surface area contributed by atoms with Crippen LogP contribution in [0.4, 0.5) is 5.69 Å². The number of hydrogen-bond acceptors (Lipinski definition) is 3. The average molecular weight is 251 g/mol. The van der Waals surface area contributed by atoms with E-state index in [-0.39, 0.29) is 12.5 Å². The molecule has 1 aromatic carbocycles. The molecule has 1 amide bonds. The van der Waals surface area contributed by atoms with E-state index in [1.807, 2.05) is 0 Å². The van der Waals surface area contributed by atoms with Gasteiger partial charge in [0.2, 0.25) is 5.91 Å². The van der Waals surface area contributed by atoms with E-state index in [4.69, 9.17) is 9.84 Å². The van der Waals surface area contributed by atoms with Gasteiger partial charge in [-0.2, -0.15) is 0 Å². The minimum Gasteiger partial charge on any atom is -0.497 e. The standard InChI is InChI=1S/C13H17NO4/c1-9(13(16)17)8-14(10(2)15)11-4-6-12(18-3)7-5-11/h4-7,9H,8H2,1-3H3,(H,16,17). The van der Waals surface area contributed by atoms with Crippen LogP contribution < -0.4 is 9.64 Å². The molecule has 1 atom stereocenters. The van der Waals surface area contributed by atoms with Crippen LogP contribution in [-0.2, 0) is 9.59 Å². The first-order valence-electron chi connectivity index (χ1n) is 5.60. The highest BCUT2D eigenvalue weighted by molar-refractivity contribution is 5.92. The second-order valence-corrected chi connectivity index (χ2v) is 4.07. The SMILES string of the molecule is COc1ccc(N(CC(C)C(=O)O)C(C)=O)cc1. The molecule has 0 fully saturated rings. The summed E-state index contributed by atoms with van der Waals surface area (Å²) in [5, 5.41) is 8.88. The highest BCUT2D eigenvalue weighted by Crippen LogP contribution is 2.20. The molecule has 0 aromatic heterocycles. The maximum absolute atomic E-state index is 11.6. The number of carboxylic acids is 1.